The van der Waals surface area contributed by atoms with Gasteiger partial charge in [0.15, 0.2) is 5.78 Å². The van der Waals surface area contributed by atoms with E-state index in [0.717, 1.165) is 15.4 Å². The number of aromatic nitrogens is 1. The fourth-order valence-corrected chi connectivity index (χ4v) is 3.56. The van der Waals surface area contributed by atoms with Crippen LogP contribution in [0.5, 0.6) is 5.75 Å². The lowest BCUT2D eigenvalue weighted by atomic mass is 10.1. The number of ether oxygens (including phenoxy) is 1. The van der Waals surface area contributed by atoms with Crippen LogP contribution < -0.4 is 4.74 Å². The first-order chi connectivity index (χ1) is 14.4. The molecule has 0 saturated heterocycles. The van der Waals surface area contributed by atoms with E-state index >= 15 is 0 Å². The van der Waals surface area contributed by atoms with Crippen LogP contribution in [0.1, 0.15) is 21.5 Å². The highest BCUT2D eigenvalue weighted by Gasteiger charge is 2.17. The predicted octanol–water partition coefficient (Wildman–Crippen LogP) is 3.81. The smallest absolute Gasteiger partial charge is 0.242 e. The van der Waals surface area contributed by atoms with Crippen molar-refractivity contribution in [2.75, 3.05) is 14.1 Å². The molecule has 1 heterocycles. The van der Waals surface area contributed by atoms with Gasteiger partial charge in [0.1, 0.15) is 12.4 Å². The van der Waals surface area contributed by atoms with E-state index in [0.29, 0.717) is 17.9 Å². The summed E-state index contributed by atoms with van der Waals surface area (Å²) in [5.41, 5.74) is 2.11. The van der Waals surface area contributed by atoms with Crippen molar-refractivity contribution in [1.82, 2.24) is 9.29 Å². The molecule has 0 N–H and O–H groups in total. The number of allylic oxidation sites excluding steroid dienone is 1. The SMILES string of the molecule is CN(C)S(=O)(=O)c1ccc(C(=O)C=Cc2ccccc2OCc2cccnc2)cc1. The largest absolute Gasteiger partial charge is 0.488 e. The zero-order valence-electron chi connectivity index (χ0n) is 16.7. The quantitative estimate of drug-likeness (QED) is 0.408. The third-order valence-corrected chi connectivity index (χ3v) is 6.20. The van der Waals surface area contributed by atoms with Crippen LogP contribution >= 0.6 is 0 Å². The molecule has 0 saturated carbocycles. The highest BCUT2D eigenvalue weighted by molar-refractivity contribution is 7.89. The van der Waals surface area contributed by atoms with Gasteiger partial charge in [-0.2, -0.15) is 0 Å². The van der Waals surface area contributed by atoms with Gasteiger partial charge in [0, 0.05) is 43.2 Å². The van der Waals surface area contributed by atoms with Crippen molar-refractivity contribution in [3.05, 3.63) is 95.8 Å². The second kappa shape index (κ2) is 9.47. The van der Waals surface area contributed by atoms with Crippen molar-refractivity contribution < 1.29 is 17.9 Å². The van der Waals surface area contributed by atoms with Gasteiger partial charge in [-0.25, -0.2) is 12.7 Å². The summed E-state index contributed by atoms with van der Waals surface area (Å²) in [5.74, 6) is 0.420. The minimum absolute atomic E-state index is 0.141. The molecule has 0 aliphatic rings. The number of rotatable bonds is 8. The Hall–Kier alpha value is -3.29. The maximum atomic E-state index is 12.5. The second-order valence-corrected chi connectivity index (χ2v) is 8.85. The lowest BCUT2D eigenvalue weighted by Gasteiger charge is -2.11. The van der Waals surface area contributed by atoms with Gasteiger partial charge in [-0.15, -0.1) is 0 Å². The Morgan fingerprint density at radius 2 is 1.77 bits per heavy atom. The molecule has 0 fully saturated rings. The van der Waals surface area contributed by atoms with E-state index in [1.807, 2.05) is 36.4 Å². The summed E-state index contributed by atoms with van der Waals surface area (Å²) in [6.45, 7) is 0.369. The van der Waals surface area contributed by atoms with Crippen LogP contribution in [0.2, 0.25) is 0 Å². The van der Waals surface area contributed by atoms with Crippen molar-refractivity contribution >= 4 is 21.9 Å². The lowest BCUT2D eigenvalue weighted by molar-refractivity contribution is 0.104. The van der Waals surface area contributed by atoms with E-state index in [4.69, 9.17) is 4.74 Å². The van der Waals surface area contributed by atoms with Crippen LogP contribution in [0.3, 0.4) is 0 Å². The van der Waals surface area contributed by atoms with E-state index < -0.39 is 10.0 Å². The number of carbonyl (C=O) groups excluding carboxylic acids is 1. The molecule has 0 aliphatic heterocycles. The Kier molecular flexibility index (Phi) is 6.76. The average Bonchev–Trinajstić information content (AvgIpc) is 2.77. The Morgan fingerprint density at radius 3 is 2.43 bits per heavy atom. The van der Waals surface area contributed by atoms with Gasteiger partial charge in [-0.3, -0.25) is 9.78 Å². The third-order valence-electron chi connectivity index (χ3n) is 4.37. The first kappa shape index (κ1) is 21.4. The molecule has 3 aromatic rings. The number of para-hydroxylation sites is 1. The summed E-state index contributed by atoms with van der Waals surface area (Å²) in [5, 5.41) is 0. The molecule has 0 amide bonds. The maximum Gasteiger partial charge on any atom is 0.242 e. The Bertz CT molecular complexity index is 1140. The van der Waals surface area contributed by atoms with Gasteiger partial charge in [0.2, 0.25) is 10.0 Å². The van der Waals surface area contributed by atoms with E-state index in [9.17, 15) is 13.2 Å². The van der Waals surface area contributed by atoms with E-state index in [-0.39, 0.29) is 10.7 Å². The van der Waals surface area contributed by atoms with Gasteiger partial charge in [0.05, 0.1) is 4.90 Å². The van der Waals surface area contributed by atoms with E-state index in [2.05, 4.69) is 4.98 Å². The van der Waals surface area contributed by atoms with Gasteiger partial charge in [-0.1, -0.05) is 24.3 Å². The number of carbonyl (C=O) groups is 1. The molecule has 0 atom stereocenters. The van der Waals surface area contributed by atoms with Crippen molar-refractivity contribution in [3.63, 3.8) is 0 Å². The summed E-state index contributed by atoms with van der Waals surface area (Å²) in [4.78, 5) is 16.7. The molecule has 2 aromatic carbocycles. The standard InChI is InChI=1S/C23H22N2O4S/c1-25(2)30(27,28)21-12-9-19(10-13-21)22(26)14-11-20-7-3-4-8-23(20)29-17-18-6-5-15-24-16-18/h3-16H,17H2,1-2H3. The first-order valence-electron chi connectivity index (χ1n) is 9.23. The Morgan fingerprint density at radius 1 is 1.03 bits per heavy atom. The maximum absolute atomic E-state index is 12.5. The Labute approximate surface area is 176 Å². The number of hydrogen-bond acceptors (Lipinski definition) is 5. The molecular weight excluding hydrogens is 400 g/mol. The van der Waals surface area contributed by atoms with Crippen LogP contribution in [0.25, 0.3) is 6.08 Å². The number of hydrogen-bond donors (Lipinski definition) is 0. The second-order valence-electron chi connectivity index (χ2n) is 6.70. The minimum atomic E-state index is -3.53. The minimum Gasteiger partial charge on any atom is -0.488 e. The monoisotopic (exact) mass is 422 g/mol. The van der Waals surface area contributed by atoms with Crippen molar-refractivity contribution in [2.45, 2.75) is 11.5 Å². The van der Waals surface area contributed by atoms with E-state index in [1.165, 1.54) is 44.4 Å². The molecule has 1 aromatic heterocycles. The van der Waals surface area contributed by atoms with Crippen LogP contribution in [0.15, 0.2) is 84.0 Å². The van der Waals surface area contributed by atoms with Crippen LogP contribution in [-0.2, 0) is 16.6 Å². The fraction of sp³-hybridized carbons (Fsp3) is 0.130. The number of nitrogens with zero attached hydrogens (tertiary/aromatic N) is 2. The van der Waals surface area contributed by atoms with Gasteiger partial charge >= 0.3 is 0 Å². The molecule has 0 bridgehead atoms. The molecule has 154 valence electrons. The average molecular weight is 423 g/mol. The molecule has 0 spiro atoms. The normalized spacial score (nSPS) is 11.7. The van der Waals surface area contributed by atoms with E-state index in [1.54, 1.807) is 18.5 Å². The number of pyridine rings is 1. The summed E-state index contributed by atoms with van der Waals surface area (Å²) in [6, 6.07) is 17.1. The zero-order chi connectivity index (χ0) is 21.6. The molecule has 0 unspecified atom stereocenters. The molecule has 0 radical (unpaired) electrons. The van der Waals surface area contributed by atoms with Crippen LogP contribution in [-0.4, -0.2) is 37.6 Å². The topological polar surface area (TPSA) is 76.6 Å². The third kappa shape index (κ3) is 5.20. The number of ketones is 1. The summed E-state index contributed by atoms with van der Waals surface area (Å²) >= 11 is 0. The first-order valence-corrected chi connectivity index (χ1v) is 10.7. The number of benzene rings is 2. The number of sulfonamides is 1. The molecule has 30 heavy (non-hydrogen) atoms. The van der Waals surface area contributed by atoms with Gasteiger partial charge in [-0.05, 0) is 48.6 Å². The van der Waals surface area contributed by atoms with Gasteiger partial charge < -0.3 is 4.74 Å². The summed E-state index contributed by atoms with van der Waals surface area (Å²) in [7, 11) is -0.600. The Balaban J connectivity index is 1.72. The lowest BCUT2D eigenvalue weighted by Crippen LogP contribution is -2.22. The predicted molar refractivity (Wildman–Crippen MR) is 116 cm³/mol. The molecule has 7 heteroatoms. The highest BCUT2D eigenvalue weighted by Crippen LogP contribution is 2.21. The molecule has 6 nitrogen and oxygen atoms in total. The highest BCUT2D eigenvalue weighted by atomic mass is 32.2. The van der Waals surface area contributed by atoms with Crippen molar-refractivity contribution in [3.8, 4) is 5.75 Å². The fourth-order valence-electron chi connectivity index (χ4n) is 2.66. The summed E-state index contributed by atoms with van der Waals surface area (Å²) in [6.07, 6.45) is 6.57. The molecule has 0 aliphatic carbocycles. The summed E-state index contributed by atoms with van der Waals surface area (Å²) < 4.78 is 31.3. The zero-order valence-corrected chi connectivity index (χ0v) is 17.5. The van der Waals surface area contributed by atoms with Crippen molar-refractivity contribution in [1.29, 1.82) is 0 Å². The van der Waals surface area contributed by atoms with Crippen molar-refractivity contribution in [2.24, 2.45) is 0 Å². The van der Waals surface area contributed by atoms with Crippen LogP contribution in [0.4, 0.5) is 0 Å². The molecular formula is C23H22N2O4S. The molecule has 3 rings (SSSR count). The van der Waals surface area contributed by atoms with Gasteiger partial charge in [0.25, 0.3) is 0 Å². The van der Waals surface area contributed by atoms with Crippen LogP contribution in [0, 0.1) is 0 Å².